The third kappa shape index (κ3) is 9.02. The monoisotopic (exact) mass is 821 g/mol. The van der Waals surface area contributed by atoms with Crippen LogP contribution in [0.2, 0.25) is 5.02 Å². The van der Waals surface area contributed by atoms with Crippen molar-refractivity contribution in [2.75, 3.05) is 77.1 Å². The number of nitrogens with zero attached hydrogens (tertiary/aromatic N) is 7. The van der Waals surface area contributed by atoms with Crippen molar-refractivity contribution in [3.05, 3.63) is 107 Å². The van der Waals surface area contributed by atoms with Gasteiger partial charge in [-0.1, -0.05) is 49.2 Å². The van der Waals surface area contributed by atoms with Gasteiger partial charge in [-0.2, -0.15) is 5.26 Å². The van der Waals surface area contributed by atoms with Crippen LogP contribution in [0, 0.1) is 16.7 Å². The Bertz CT molecular complexity index is 2450. The SMILES string of the molecule is CC1(C)CCC(CN2CCN(c3cccc(Oc4cnc5c(ccn5S(=O)(=O)c5cnc(OCCN6CCOCC6)c(C#N)c5)c4)c3)CC2)=C(c2ccc(Cl)cc2)C1. The molecule has 0 amide bonds. The molecular formula is C44H48ClN7O5S. The van der Waals surface area contributed by atoms with Gasteiger partial charge in [-0.3, -0.25) is 9.80 Å². The van der Waals surface area contributed by atoms with Crippen molar-refractivity contribution in [1.29, 1.82) is 5.26 Å². The first-order valence-electron chi connectivity index (χ1n) is 19.8. The van der Waals surface area contributed by atoms with Crippen LogP contribution in [0.1, 0.15) is 44.2 Å². The zero-order valence-electron chi connectivity index (χ0n) is 32.9. The van der Waals surface area contributed by atoms with Crippen molar-refractivity contribution in [2.24, 2.45) is 5.41 Å². The minimum Gasteiger partial charge on any atom is -0.475 e. The van der Waals surface area contributed by atoms with Gasteiger partial charge < -0.3 is 19.1 Å². The Morgan fingerprint density at radius 1 is 0.914 bits per heavy atom. The number of pyridine rings is 2. The molecule has 0 N–H and O–H groups in total. The van der Waals surface area contributed by atoms with E-state index in [1.165, 1.54) is 42.2 Å². The molecule has 3 aliphatic rings. The Hall–Kier alpha value is -4.97. The number of aromatic nitrogens is 3. The highest BCUT2D eigenvalue weighted by atomic mass is 35.5. The summed E-state index contributed by atoms with van der Waals surface area (Å²) >= 11 is 6.23. The fourth-order valence-electron chi connectivity index (χ4n) is 7.99. The van der Waals surface area contributed by atoms with E-state index in [9.17, 15) is 13.7 Å². The molecule has 0 unspecified atom stereocenters. The number of anilines is 1. The summed E-state index contributed by atoms with van der Waals surface area (Å²) in [6, 6.07) is 23.1. The average molecular weight is 822 g/mol. The number of hydrogen-bond acceptors (Lipinski definition) is 11. The second-order valence-electron chi connectivity index (χ2n) is 15.9. The fourth-order valence-corrected chi connectivity index (χ4v) is 9.39. The van der Waals surface area contributed by atoms with E-state index in [0.29, 0.717) is 43.3 Å². The molecule has 14 heteroatoms. The molecule has 8 rings (SSSR count). The molecule has 0 saturated carbocycles. The lowest BCUT2D eigenvalue weighted by atomic mass is 9.72. The first-order chi connectivity index (χ1) is 28.0. The maximum Gasteiger partial charge on any atom is 0.270 e. The Morgan fingerprint density at radius 2 is 1.71 bits per heavy atom. The predicted octanol–water partition coefficient (Wildman–Crippen LogP) is 7.48. The molecule has 2 aromatic carbocycles. The number of halogens is 1. The molecule has 58 heavy (non-hydrogen) atoms. The van der Waals surface area contributed by atoms with Crippen LogP contribution in [0.4, 0.5) is 5.69 Å². The number of morpholine rings is 1. The van der Waals surface area contributed by atoms with Crippen molar-refractivity contribution in [2.45, 2.75) is 38.0 Å². The van der Waals surface area contributed by atoms with Gasteiger partial charge in [0.2, 0.25) is 5.88 Å². The molecule has 1 aliphatic carbocycles. The molecule has 12 nitrogen and oxygen atoms in total. The summed E-state index contributed by atoms with van der Waals surface area (Å²) < 4.78 is 46.0. The van der Waals surface area contributed by atoms with Crippen LogP contribution in [0.25, 0.3) is 16.6 Å². The largest absolute Gasteiger partial charge is 0.475 e. The first-order valence-corrected chi connectivity index (χ1v) is 21.6. The normalized spacial score (nSPS) is 18.0. The Morgan fingerprint density at radius 3 is 2.48 bits per heavy atom. The molecule has 0 bridgehead atoms. The molecule has 2 saturated heterocycles. The van der Waals surface area contributed by atoms with Crippen LogP contribution in [0.5, 0.6) is 17.4 Å². The number of nitriles is 1. The molecular weight excluding hydrogens is 774 g/mol. The van der Waals surface area contributed by atoms with E-state index in [1.807, 2.05) is 36.4 Å². The maximum absolute atomic E-state index is 13.8. The number of allylic oxidation sites excluding steroid dienone is 1. The van der Waals surface area contributed by atoms with Crippen LogP contribution >= 0.6 is 11.6 Å². The molecule has 0 spiro atoms. The van der Waals surface area contributed by atoms with Gasteiger partial charge in [-0.25, -0.2) is 22.4 Å². The third-order valence-corrected chi connectivity index (χ3v) is 13.2. The van der Waals surface area contributed by atoms with Crippen LogP contribution in [0.3, 0.4) is 0 Å². The zero-order valence-corrected chi connectivity index (χ0v) is 34.5. The summed E-state index contributed by atoms with van der Waals surface area (Å²) in [5.41, 5.74) is 5.95. The van der Waals surface area contributed by atoms with Crippen molar-refractivity contribution in [3.8, 4) is 23.4 Å². The van der Waals surface area contributed by atoms with E-state index >= 15 is 0 Å². The molecule has 2 aliphatic heterocycles. The minimum atomic E-state index is -4.13. The van der Waals surface area contributed by atoms with Gasteiger partial charge >= 0.3 is 0 Å². The second-order valence-corrected chi connectivity index (χ2v) is 18.2. The van der Waals surface area contributed by atoms with Crippen molar-refractivity contribution >= 4 is 43.9 Å². The van der Waals surface area contributed by atoms with Gasteiger partial charge in [0, 0.05) is 80.7 Å². The molecule has 0 radical (unpaired) electrons. The van der Waals surface area contributed by atoms with E-state index in [-0.39, 0.29) is 27.4 Å². The zero-order chi connectivity index (χ0) is 40.3. The maximum atomic E-state index is 13.8. The van der Waals surface area contributed by atoms with E-state index in [2.05, 4.69) is 56.7 Å². The lowest BCUT2D eigenvalue weighted by Gasteiger charge is -2.39. The van der Waals surface area contributed by atoms with Gasteiger partial charge in [0.25, 0.3) is 10.0 Å². The predicted molar refractivity (Wildman–Crippen MR) is 225 cm³/mol. The highest BCUT2D eigenvalue weighted by Crippen LogP contribution is 2.43. The first kappa shape index (κ1) is 39.8. The van der Waals surface area contributed by atoms with Crippen molar-refractivity contribution in [1.82, 2.24) is 23.7 Å². The number of piperazine rings is 1. The summed E-state index contributed by atoms with van der Waals surface area (Å²) in [5.74, 6) is 1.24. The van der Waals surface area contributed by atoms with Crippen LogP contribution in [0.15, 0.2) is 95.8 Å². The summed E-state index contributed by atoms with van der Waals surface area (Å²) in [7, 11) is -4.13. The number of hydrogen-bond donors (Lipinski definition) is 0. The van der Waals surface area contributed by atoms with Gasteiger partial charge in [0.15, 0.2) is 5.65 Å². The smallest absolute Gasteiger partial charge is 0.270 e. The number of ether oxygens (including phenoxy) is 3. The number of benzene rings is 2. The van der Waals surface area contributed by atoms with Gasteiger partial charge in [-0.05, 0) is 78.3 Å². The van der Waals surface area contributed by atoms with Gasteiger partial charge in [-0.15, -0.1) is 0 Å². The minimum absolute atomic E-state index is 0.0393. The van der Waals surface area contributed by atoms with E-state index in [1.54, 1.807) is 17.7 Å². The van der Waals surface area contributed by atoms with E-state index in [0.717, 1.165) is 73.3 Å². The van der Waals surface area contributed by atoms with Crippen LogP contribution in [-0.4, -0.2) is 104 Å². The standard InChI is InChI=1S/C44H48ClN7O5S/c1-44(2)12-10-34(41(27-44)32-6-8-36(45)9-7-32)31-50-14-16-51(17-15-50)37-4-3-5-38(26-37)57-39-24-33-11-13-52(42(33)47-29-39)58(53,54)40-25-35(28-46)43(48-30-40)56-23-20-49-18-21-55-22-19-49/h3-9,11,13,24-26,29-30H,10,12,14-23,27,31H2,1-2H3. The Balaban J connectivity index is 0.901. The third-order valence-electron chi connectivity index (χ3n) is 11.3. The lowest BCUT2D eigenvalue weighted by molar-refractivity contribution is 0.0320. The molecule has 2 fully saturated rings. The number of rotatable bonds is 12. The molecule has 5 heterocycles. The molecule has 3 aromatic heterocycles. The highest BCUT2D eigenvalue weighted by molar-refractivity contribution is 7.90. The van der Waals surface area contributed by atoms with Crippen LogP contribution < -0.4 is 14.4 Å². The van der Waals surface area contributed by atoms with E-state index in [4.69, 9.17) is 25.8 Å². The van der Waals surface area contributed by atoms with Crippen molar-refractivity contribution in [3.63, 3.8) is 0 Å². The summed E-state index contributed by atoms with van der Waals surface area (Å²) in [6.07, 6.45) is 7.57. The van der Waals surface area contributed by atoms with Crippen molar-refractivity contribution < 1.29 is 22.6 Å². The summed E-state index contributed by atoms with van der Waals surface area (Å²) in [6.45, 7) is 13.4. The molecule has 302 valence electrons. The summed E-state index contributed by atoms with van der Waals surface area (Å²) in [5, 5.41) is 11.1. The Labute approximate surface area is 345 Å². The fraction of sp³-hybridized carbons (Fsp3) is 0.386. The second kappa shape index (κ2) is 17.1. The van der Waals surface area contributed by atoms with Crippen LogP contribution in [-0.2, 0) is 14.8 Å². The summed E-state index contributed by atoms with van der Waals surface area (Å²) in [4.78, 5) is 15.7. The Kier molecular flexibility index (Phi) is 11.7. The average Bonchev–Trinajstić information content (AvgIpc) is 3.67. The van der Waals surface area contributed by atoms with Gasteiger partial charge in [0.05, 0.1) is 25.6 Å². The number of fused-ring (bicyclic) bond motifs is 1. The highest BCUT2D eigenvalue weighted by Gasteiger charge is 2.30. The topological polar surface area (TPSA) is 126 Å². The molecule has 5 aromatic rings. The lowest BCUT2D eigenvalue weighted by Crippen LogP contribution is -2.47. The molecule has 0 atom stereocenters. The quantitative estimate of drug-likeness (QED) is 0.124. The van der Waals surface area contributed by atoms with E-state index < -0.39 is 10.0 Å². The van der Waals surface area contributed by atoms with Gasteiger partial charge in [0.1, 0.15) is 34.6 Å².